The molecule has 0 unspecified atom stereocenters. The first kappa shape index (κ1) is 23.3. The number of rotatable bonds is 4. The average molecular weight is 514 g/mol. The minimum atomic E-state index is -4.61. The number of carbonyl (C=O) groups is 1. The summed E-state index contributed by atoms with van der Waals surface area (Å²) in [5.41, 5.74) is 0.290. The van der Waals surface area contributed by atoms with Crippen molar-refractivity contribution in [1.82, 2.24) is 9.73 Å². The van der Waals surface area contributed by atoms with E-state index in [-0.39, 0.29) is 12.5 Å². The Morgan fingerprint density at radius 2 is 1.76 bits per heavy atom. The Kier molecular flexibility index (Phi) is 6.21. The van der Waals surface area contributed by atoms with Crippen LogP contribution in [0.2, 0.25) is 5.02 Å². The molecule has 2 amide bonds. The third-order valence-corrected chi connectivity index (χ3v) is 7.46. The van der Waals surface area contributed by atoms with E-state index in [0.29, 0.717) is 22.9 Å². The van der Waals surface area contributed by atoms with Crippen molar-refractivity contribution in [3.8, 4) is 0 Å². The quantitative estimate of drug-likeness (QED) is 0.512. The van der Waals surface area contributed by atoms with Gasteiger partial charge in [0.1, 0.15) is 0 Å². The van der Waals surface area contributed by atoms with E-state index in [0.717, 1.165) is 27.6 Å². The highest BCUT2D eigenvalue weighted by molar-refractivity contribution is 7.90. The van der Waals surface area contributed by atoms with Gasteiger partial charge in [-0.1, -0.05) is 29.8 Å². The molecule has 1 aliphatic rings. The number of carbonyl (C=O) groups excluding carboxylic acids is 1. The number of hydrogen-bond acceptors (Lipinski definition) is 5. The van der Waals surface area contributed by atoms with Gasteiger partial charge in [0.2, 0.25) is 0 Å². The summed E-state index contributed by atoms with van der Waals surface area (Å²) in [7, 11) is -4.41. The maximum absolute atomic E-state index is 12.7. The first-order valence-corrected chi connectivity index (χ1v) is 12.2. The van der Waals surface area contributed by atoms with Crippen molar-refractivity contribution in [2.75, 3.05) is 6.54 Å². The third-order valence-electron chi connectivity index (χ3n) is 4.89. The first-order valence-electron chi connectivity index (χ1n) is 9.44. The molecule has 6 nitrogen and oxygen atoms in total. The Bertz CT molecular complexity index is 1290. The van der Waals surface area contributed by atoms with Gasteiger partial charge >= 0.3 is 12.2 Å². The maximum Gasteiger partial charge on any atom is 0.416 e. The lowest BCUT2D eigenvalue weighted by Gasteiger charge is -2.15. The zero-order chi connectivity index (χ0) is 23.8. The number of hydrogen-bond donors (Lipinski definition) is 1. The minimum absolute atomic E-state index is 0.0901. The second kappa shape index (κ2) is 8.81. The summed E-state index contributed by atoms with van der Waals surface area (Å²) >= 11 is 7.43. The van der Waals surface area contributed by atoms with Crippen molar-refractivity contribution in [2.24, 2.45) is 5.10 Å². The molecule has 0 bridgehead atoms. The molecule has 2 aromatic carbocycles. The summed E-state index contributed by atoms with van der Waals surface area (Å²) in [6.45, 7) is 0.0901. The van der Waals surface area contributed by atoms with Crippen LogP contribution < -0.4 is 4.72 Å². The molecule has 1 aromatic heterocycles. The highest BCUT2D eigenvalue weighted by Crippen LogP contribution is 2.32. The molecule has 1 aliphatic heterocycles. The molecular formula is C21H15ClF3N3O3S2. The van der Waals surface area contributed by atoms with Crippen molar-refractivity contribution in [1.29, 1.82) is 0 Å². The average Bonchev–Trinajstić information content (AvgIpc) is 3.43. The van der Waals surface area contributed by atoms with Crippen LogP contribution in [-0.2, 0) is 16.2 Å². The minimum Gasteiger partial charge on any atom is -0.246 e. The first-order chi connectivity index (χ1) is 15.5. The standard InChI is InChI=1S/C21H15ClF3N3O3S2/c22-15-7-3-13(4-8-15)19-17(18-2-1-11-32-18)12-28(26-19)20(29)27-33(30,31)16-9-5-14(6-10-16)21(23,24)25/h1-11,17H,12H2,(H,27,29)/t17-/m1/s1. The topological polar surface area (TPSA) is 78.8 Å². The van der Waals surface area contributed by atoms with E-state index in [1.165, 1.54) is 11.3 Å². The highest BCUT2D eigenvalue weighted by Gasteiger charge is 2.35. The van der Waals surface area contributed by atoms with Crippen molar-refractivity contribution in [2.45, 2.75) is 17.0 Å². The largest absolute Gasteiger partial charge is 0.416 e. The molecule has 0 spiro atoms. The van der Waals surface area contributed by atoms with Gasteiger partial charge in [0.05, 0.1) is 28.6 Å². The van der Waals surface area contributed by atoms with Crippen molar-refractivity contribution in [3.63, 3.8) is 0 Å². The Balaban J connectivity index is 1.58. The van der Waals surface area contributed by atoms with E-state index in [9.17, 15) is 26.4 Å². The molecule has 4 rings (SSSR count). The lowest BCUT2D eigenvalue weighted by Crippen LogP contribution is -2.39. The van der Waals surface area contributed by atoms with Gasteiger partial charge in [-0.25, -0.2) is 22.9 Å². The van der Waals surface area contributed by atoms with Gasteiger partial charge < -0.3 is 0 Å². The zero-order valence-electron chi connectivity index (χ0n) is 16.6. The van der Waals surface area contributed by atoms with Crippen LogP contribution in [-0.4, -0.2) is 31.7 Å². The number of sulfonamides is 1. The van der Waals surface area contributed by atoms with E-state index in [1.54, 1.807) is 24.3 Å². The number of nitrogens with zero attached hydrogens (tertiary/aromatic N) is 2. The molecule has 0 fully saturated rings. The van der Waals surface area contributed by atoms with Crippen molar-refractivity contribution >= 4 is 44.7 Å². The second-order valence-electron chi connectivity index (χ2n) is 7.08. The smallest absolute Gasteiger partial charge is 0.246 e. The Labute approximate surface area is 196 Å². The van der Waals surface area contributed by atoms with Crippen LogP contribution in [0.4, 0.5) is 18.0 Å². The summed E-state index contributed by atoms with van der Waals surface area (Å²) in [6.07, 6.45) is -4.61. The Morgan fingerprint density at radius 1 is 1.09 bits per heavy atom. The lowest BCUT2D eigenvalue weighted by molar-refractivity contribution is -0.137. The van der Waals surface area contributed by atoms with Crippen LogP contribution in [0.15, 0.2) is 76.0 Å². The van der Waals surface area contributed by atoms with Crippen LogP contribution in [0.1, 0.15) is 21.9 Å². The van der Waals surface area contributed by atoms with E-state index in [2.05, 4.69) is 5.10 Å². The molecule has 0 aliphatic carbocycles. The number of halogens is 4. The molecule has 2 heterocycles. The van der Waals surface area contributed by atoms with E-state index in [4.69, 9.17) is 11.6 Å². The number of alkyl halides is 3. The predicted molar refractivity (Wildman–Crippen MR) is 119 cm³/mol. The molecule has 172 valence electrons. The van der Waals surface area contributed by atoms with Gasteiger partial charge in [-0.05, 0) is 53.4 Å². The summed E-state index contributed by atoms with van der Waals surface area (Å²) in [4.78, 5) is 13.2. The van der Waals surface area contributed by atoms with Crippen LogP contribution in [0, 0.1) is 0 Å². The molecule has 0 radical (unpaired) electrons. The van der Waals surface area contributed by atoms with Crippen molar-refractivity contribution < 1.29 is 26.4 Å². The second-order valence-corrected chi connectivity index (χ2v) is 10.2. The van der Waals surface area contributed by atoms with Crippen LogP contribution >= 0.6 is 22.9 Å². The SMILES string of the molecule is O=C(NS(=O)(=O)c1ccc(C(F)(F)F)cc1)N1C[C@H](c2cccs2)C(c2ccc(Cl)cc2)=N1. The molecule has 3 aromatic rings. The van der Waals surface area contributed by atoms with E-state index < -0.39 is 32.7 Å². The van der Waals surface area contributed by atoms with Crippen LogP contribution in [0.5, 0.6) is 0 Å². The fraction of sp³-hybridized carbons (Fsp3) is 0.143. The van der Waals surface area contributed by atoms with Gasteiger partial charge in [0.25, 0.3) is 10.0 Å². The molecule has 12 heteroatoms. The fourth-order valence-electron chi connectivity index (χ4n) is 3.27. The summed E-state index contributed by atoms with van der Waals surface area (Å²) in [6, 6.07) is 12.5. The number of nitrogens with one attached hydrogen (secondary N) is 1. The Hall–Kier alpha value is -2.89. The summed E-state index contributed by atoms with van der Waals surface area (Å²) in [5.74, 6) is -0.286. The summed E-state index contributed by atoms with van der Waals surface area (Å²) < 4.78 is 65.2. The van der Waals surface area contributed by atoms with E-state index >= 15 is 0 Å². The van der Waals surface area contributed by atoms with Gasteiger partial charge in [0.15, 0.2) is 0 Å². The molecule has 1 N–H and O–H groups in total. The van der Waals surface area contributed by atoms with Crippen LogP contribution in [0.25, 0.3) is 0 Å². The normalized spacial score (nSPS) is 16.5. The maximum atomic E-state index is 12.7. The predicted octanol–water partition coefficient (Wildman–Crippen LogP) is 5.32. The number of benzene rings is 2. The number of amides is 2. The monoisotopic (exact) mass is 513 g/mol. The highest BCUT2D eigenvalue weighted by atomic mass is 35.5. The molecule has 33 heavy (non-hydrogen) atoms. The number of hydrazone groups is 1. The molecular weight excluding hydrogens is 499 g/mol. The third kappa shape index (κ3) is 5.05. The zero-order valence-corrected chi connectivity index (χ0v) is 19.0. The van der Waals surface area contributed by atoms with Gasteiger partial charge in [-0.2, -0.15) is 18.3 Å². The Morgan fingerprint density at radius 3 is 2.33 bits per heavy atom. The molecule has 0 saturated carbocycles. The number of thiophene rings is 1. The van der Waals surface area contributed by atoms with Gasteiger partial charge in [-0.15, -0.1) is 11.3 Å². The number of urea groups is 1. The van der Waals surface area contributed by atoms with Gasteiger partial charge in [0, 0.05) is 9.90 Å². The molecule has 1 atom stereocenters. The van der Waals surface area contributed by atoms with Crippen LogP contribution in [0.3, 0.4) is 0 Å². The fourth-order valence-corrected chi connectivity index (χ4v) is 5.17. The lowest BCUT2D eigenvalue weighted by atomic mass is 9.96. The van der Waals surface area contributed by atoms with E-state index in [1.807, 2.05) is 22.2 Å². The summed E-state index contributed by atoms with van der Waals surface area (Å²) in [5, 5.41) is 7.75. The van der Waals surface area contributed by atoms with Gasteiger partial charge in [-0.3, -0.25) is 0 Å². The van der Waals surface area contributed by atoms with Crippen molar-refractivity contribution in [3.05, 3.63) is 87.1 Å². The molecule has 0 saturated heterocycles.